The fourth-order valence-electron chi connectivity index (χ4n) is 11.8. The number of allylic oxidation sites excluding steroid dienone is 1. The van der Waals surface area contributed by atoms with Gasteiger partial charge in [-0.25, -0.2) is 0 Å². The monoisotopic (exact) mass is 1210 g/mol. The lowest BCUT2D eigenvalue weighted by molar-refractivity contribution is -0.379. The van der Waals surface area contributed by atoms with Crippen LogP contribution in [0, 0.1) is 0 Å². The maximum Gasteiger partial charge on any atom is 0.220 e. The SMILES string of the molecule is CCCCCCCCCCCCCCCCCCCCCC/C=C/C(O)C(COC1OC(CO)C(OC2OC(CO)C(OC3OC(CO)C(O)C(O)C3O)C(O)C2O)C(O)C1O)NC(=O)CCCCCCCCCCCCCCCCCCC. The minimum atomic E-state index is -1.98. The smallest absolute Gasteiger partial charge is 0.220 e. The van der Waals surface area contributed by atoms with Crippen LogP contribution in [0.4, 0.5) is 0 Å². The molecule has 0 aromatic carbocycles. The van der Waals surface area contributed by atoms with Crippen molar-refractivity contribution in [2.24, 2.45) is 0 Å². The van der Waals surface area contributed by atoms with E-state index in [0.29, 0.717) is 6.42 Å². The predicted octanol–water partition coefficient (Wildman–Crippen LogP) is 8.11. The molecule has 19 nitrogen and oxygen atoms in total. The predicted molar refractivity (Wildman–Crippen MR) is 323 cm³/mol. The molecule has 12 N–H and O–H groups in total. The second kappa shape index (κ2) is 48.4. The molecule has 19 heteroatoms. The van der Waals surface area contributed by atoms with Gasteiger partial charge in [-0.2, -0.15) is 0 Å². The van der Waals surface area contributed by atoms with Crippen molar-refractivity contribution in [1.82, 2.24) is 5.32 Å². The van der Waals surface area contributed by atoms with Gasteiger partial charge in [-0.3, -0.25) is 4.79 Å². The summed E-state index contributed by atoms with van der Waals surface area (Å²) in [6, 6.07) is -0.968. The van der Waals surface area contributed by atoms with Gasteiger partial charge >= 0.3 is 0 Å². The van der Waals surface area contributed by atoms with Crippen LogP contribution < -0.4 is 5.32 Å². The molecule has 0 radical (unpaired) electrons. The van der Waals surface area contributed by atoms with Crippen molar-refractivity contribution in [3.05, 3.63) is 12.2 Å². The van der Waals surface area contributed by atoms with Crippen LogP contribution in [0.15, 0.2) is 12.2 Å². The van der Waals surface area contributed by atoms with E-state index >= 15 is 0 Å². The van der Waals surface area contributed by atoms with Gasteiger partial charge < -0.3 is 89.9 Å². The Morgan fingerprint density at radius 1 is 0.417 bits per heavy atom. The molecule has 3 rings (SSSR count). The third kappa shape index (κ3) is 30.8. The minimum absolute atomic E-state index is 0.249. The Kier molecular flexibility index (Phi) is 44.2. The second-order valence-corrected chi connectivity index (χ2v) is 24.7. The van der Waals surface area contributed by atoms with E-state index in [4.69, 9.17) is 28.4 Å². The molecule has 17 atom stereocenters. The first-order valence-electron chi connectivity index (χ1n) is 33.9. The number of aliphatic hydroxyl groups is 11. The molecular formula is C65H123NO18. The zero-order valence-electron chi connectivity index (χ0n) is 52.2. The number of carbonyl (C=O) groups excluding carboxylic acids is 1. The molecule has 84 heavy (non-hydrogen) atoms. The average Bonchev–Trinajstić information content (AvgIpc) is 2.87. The Hall–Kier alpha value is -1.47. The van der Waals surface area contributed by atoms with Gasteiger partial charge in [0.15, 0.2) is 18.9 Å². The lowest BCUT2D eigenvalue weighted by atomic mass is 9.96. The van der Waals surface area contributed by atoms with Gasteiger partial charge in [0.2, 0.25) is 5.91 Å². The van der Waals surface area contributed by atoms with Crippen molar-refractivity contribution >= 4 is 5.91 Å². The fourth-order valence-corrected chi connectivity index (χ4v) is 11.8. The normalized spacial score (nSPS) is 29.2. The summed E-state index contributed by atoms with van der Waals surface area (Å²) in [5.74, 6) is -0.270. The van der Waals surface area contributed by atoms with Gasteiger partial charge in [0, 0.05) is 6.42 Å². The maximum atomic E-state index is 13.4. The Balaban J connectivity index is 1.46. The van der Waals surface area contributed by atoms with Crippen molar-refractivity contribution < 1.29 is 89.4 Å². The molecule has 3 fully saturated rings. The highest BCUT2D eigenvalue weighted by molar-refractivity contribution is 5.76. The number of hydrogen-bond acceptors (Lipinski definition) is 18. The first kappa shape index (κ1) is 76.8. The number of amides is 1. The topological polar surface area (TPSA) is 307 Å². The van der Waals surface area contributed by atoms with Gasteiger partial charge in [-0.05, 0) is 19.3 Å². The largest absolute Gasteiger partial charge is 0.394 e. The highest BCUT2D eigenvalue weighted by atomic mass is 16.8. The number of carbonyl (C=O) groups is 1. The molecule has 0 aliphatic carbocycles. The summed E-state index contributed by atoms with van der Waals surface area (Å²) >= 11 is 0. The fraction of sp³-hybridized carbons (Fsp3) is 0.954. The molecular weight excluding hydrogens is 1080 g/mol. The Morgan fingerprint density at radius 2 is 0.738 bits per heavy atom. The highest BCUT2D eigenvalue weighted by Gasteiger charge is 2.53. The molecule has 17 unspecified atom stereocenters. The first-order valence-corrected chi connectivity index (χ1v) is 33.9. The summed E-state index contributed by atoms with van der Waals surface area (Å²) in [6.07, 6.45) is 24.7. The van der Waals surface area contributed by atoms with Gasteiger partial charge in [0.05, 0.1) is 38.6 Å². The van der Waals surface area contributed by atoms with E-state index in [1.165, 1.54) is 193 Å². The molecule has 1 amide bonds. The van der Waals surface area contributed by atoms with Crippen LogP contribution in [0.1, 0.15) is 264 Å². The molecule has 3 heterocycles. The maximum absolute atomic E-state index is 13.4. The van der Waals surface area contributed by atoms with Gasteiger partial charge in [-0.1, -0.05) is 251 Å². The van der Waals surface area contributed by atoms with E-state index in [1.807, 2.05) is 6.08 Å². The van der Waals surface area contributed by atoms with Crippen molar-refractivity contribution in [2.45, 2.75) is 369 Å². The molecule has 3 aliphatic heterocycles. The molecule has 0 spiro atoms. The third-order valence-electron chi connectivity index (χ3n) is 17.3. The quantitative estimate of drug-likeness (QED) is 0.0202. The molecule has 496 valence electrons. The summed E-state index contributed by atoms with van der Waals surface area (Å²) in [5, 5.41) is 120. The van der Waals surface area contributed by atoms with E-state index in [9.17, 15) is 61.0 Å². The van der Waals surface area contributed by atoms with Crippen LogP contribution in [0.5, 0.6) is 0 Å². The molecule has 0 bridgehead atoms. The standard InChI is InChI=1S/C65H123NO18/c1-3-5-7-9-11-13-15-17-19-21-22-23-24-25-27-28-30-32-34-36-38-40-42-49(70)48(66-53(71)43-41-39-37-35-33-31-29-26-20-18-16-14-12-10-8-6-4-2)47-79-63-59(77)56(74)61(51(45-68)81-63)84-65-60(78)57(75)62(52(46-69)82-65)83-64-58(76)55(73)54(72)50(44-67)80-64/h40,42,48-52,54-65,67-70,72-78H,3-39,41,43-47H2,1-2H3,(H,66,71)/b42-40+. The first-order chi connectivity index (χ1) is 40.8. The van der Waals surface area contributed by atoms with E-state index in [-0.39, 0.29) is 18.9 Å². The van der Waals surface area contributed by atoms with Gasteiger partial charge in [0.25, 0.3) is 0 Å². The molecule has 0 aromatic heterocycles. The van der Waals surface area contributed by atoms with Crippen molar-refractivity contribution in [2.75, 3.05) is 26.4 Å². The van der Waals surface area contributed by atoms with E-state index in [0.717, 1.165) is 44.9 Å². The zero-order chi connectivity index (χ0) is 61.2. The van der Waals surface area contributed by atoms with Crippen LogP contribution in [0.2, 0.25) is 0 Å². The lowest BCUT2D eigenvalue weighted by Crippen LogP contribution is -2.66. The number of rotatable bonds is 52. The number of nitrogens with one attached hydrogen (secondary N) is 1. The lowest BCUT2D eigenvalue weighted by Gasteiger charge is -2.48. The van der Waals surface area contributed by atoms with Crippen LogP contribution in [-0.2, 0) is 33.2 Å². The van der Waals surface area contributed by atoms with E-state index in [1.54, 1.807) is 6.08 Å². The van der Waals surface area contributed by atoms with Crippen LogP contribution in [-0.4, -0.2) is 193 Å². The Labute approximate surface area is 506 Å². The molecule has 0 saturated carbocycles. The number of aliphatic hydroxyl groups excluding tert-OH is 11. The number of ether oxygens (including phenoxy) is 6. The molecule has 3 aliphatic rings. The number of hydrogen-bond donors (Lipinski definition) is 12. The van der Waals surface area contributed by atoms with Crippen LogP contribution >= 0.6 is 0 Å². The summed E-state index contributed by atoms with van der Waals surface area (Å²) in [4.78, 5) is 13.4. The Morgan fingerprint density at radius 3 is 1.12 bits per heavy atom. The summed E-state index contributed by atoms with van der Waals surface area (Å²) < 4.78 is 34.3. The average molecular weight is 1210 g/mol. The van der Waals surface area contributed by atoms with Crippen molar-refractivity contribution in [1.29, 1.82) is 0 Å². The minimum Gasteiger partial charge on any atom is -0.394 e. The van der Waals surface area contributed by atoms with E-state index < -0.39 is 124 Å². The third-order valence-corrected chi connectivity index (χ3v) is 17.3. The van der Waals surface area contributed by atoms with Gasteiger partial charge in [0.1, 0.15) is 73.2 Å². The zero-order valence-corrected chi connectivity index (χ0v) is 52.2. The summed E-state index contributed by atoms with van der Waals surface area (Å²) in [5.41, 5.74) is 0. The second-order valence-electron chi connectivity index (χ2n) is 24.7. The van der Waals surface area contributed by atoms with Crippen LogP contribution in [0.3, 0.4) is 0 Å². The Bertz CT molecular complexity index is 1580. The van der Waals surface area contributed by atoms with E-state index in [2.05, 4.69) is 19.2 Å². The van der Waals surface area contributed by atoms with Crippen molar-refractivity contribution in [3.8, 4) is 0 Å². The highest BCUT2D eigenvalue weighted by Crippen LogP contribution is 2.33. The summed E-state index contributed by atoms with van der Waals surface area (Å²) in [7, 11) is 0. The number of unbranched alkanes of at least 4 members (excludes halogenated alkanes) is 36. The summed E-state index contributed by atoms with van der Waals surface area (Å²) in [6.45, 7) is 1.77. The molecule has 0 aromatic rings. The van der Waals surface area contributed by atoms with Crippen LogP contribution in [0.25, 0.3) is 0 Å². The van der Waals surface area contributed by atoms with Gasteiger partial charge in [-0.15, -0.1) is 0 Å². The van der Waals surface area contributed by atoms with Crippen molar-refractivity contribution in [3.63, 3.8) is 0 Å². The molecule has 3 saturated heterocycles.